The largest absolute Gasteiger partial charge is 0.489 e. The molecule has 2 aromatic rings. The Hall–Kier alpha value is -3.41. The van der Waals surface area contributed by atoms with Gasteiger partial charge in [0.1, 0.15) is 5.75 Å². The number of nitrogens with one attached hydrogen (secondary N) is 2. The zero-order valence-electron chi connectivity index (χ0n) is 16.4. The number of carbonyl (C=O) groups is 3. The molecule has 0 heterocycles. The van der Waals surface area contributed by atoms with Crippen molar-refractivity contribution >= 4 is 29.0 Å². The van der Waals surface area contributed by atoms with Crippen LogP contribution in [0.4, 0.5) is 11.4 Å². The van der Waals surface area contributed by atoms with Gasteiger partial charge in [-0.25, -0.2) is 0 Å². The lowest BCUT2D eigenvalue weighted by molar-refractivity contribution is -0.114. The van der Waals surface area contributed by atoms with Gasteiger partial charge >= 0.3 is 0 Å². The highest BCUT2D eigenvalue weighted by Gasteiger charge is 2.11. The van der Waals surface area contributed by atoms with Gasteiger partial charge in [-0.15, -0.1) is 0 Å². The van der Waals surface area contributed by atoms with Crippen molar-refractivity contribution in [2.75, 3.05) is 10.6 Å². The van der Waals surface area contributed by atoms with E-state index in [0.29, 0.717) is 22.7 Å². The van der Waals surface area contributed by atoms with Crippen LogP contribution in [0.5, 0.6) is 5.75 Å². The molecular weight excluding hydrogens is 356 g/mol. The molecule has 0 saturated carbocycles. The number of carbonyl (C=O) groups excluding carboxylic acids is 3. The Kier molecular flexibility index (Phi) is 7.09. The minimum atomic E-state index is -0.435. The number of anilines is 2. The summed E-state index contributed by atoms with van der Waals surface area (Å²) in [7, 11) is 0. The highest BCUT2D eigenvalue weighted by molar-refractivity contribution is 6.10. The molecule has 28 heavy (non-hydrogen) atoms. The van der Waals surface area contributed by atoms with Crippen molar-refractivity contribution in [3.63, 3.8) is 0 Å². The van der Waals surface area contributed by atoms with E-state index in [-0.39, 0.29) is 17.5 Å². The van der Waals surface area contributed by atoms with Gasteiger partial charge in [-0.1, -0.05) is 12.1 Å². The normalized spacial score (nSPS) is 11.1. The molecule has 6 nitrogen and oxygen atoms in total. The maximum atomic E-state index is 12.4. The van der Waals surface area contributed by atoms with E-state index in [9.17, 15) is 14.4 Å². The first-order valence-corrected chi connectivity index (χ1v) is 8.93. The van der Waals surface area contributed by atoms with Crippen LogP contribution < -0.4 is 15.4 Å². The molecule has 0 spiro atoms. The Labute approximate surface area is 164 Å². The summed E-state index contributed by atoms with van der Waals surface area (Å²) in [4.78, 5) is 35.8. The molecule has 0 saturated heterocycles. The summed E-state index contributed by atoms with van der Waals surface area (Å²) >= 11 is 0. The summed E-state index contributed by atoms with van der Waals surface area (Å²) in [6.07, 6.45) is 1.19. The average molecular weight is 380 g/mol. The number of hydrogen-bond donors (Lipinski definition) is 2. The van der Waals surface area contributed by atoms with E-state index in [1.807, 2.05) is 19.9 Å². The molecule has 0 bridgehead atoms. The number of hydrogen-bond acceptors (Lipinski definition) is 4. The van der Waals surface area contributed by atoms with E-state index in [1.165, 1.54) is 13.0 Å². The first kappa shape index (κ1) is 20.9. The maximum absolute atomic E-state index is 12.4. The fourth-order valence-electron chi connectivity index (χ4n) is 2.38. The number of amides is 2. The fraction of sp³-hybridized carbons (Fsp3) is 0.227. The van der Waals surface area contributed by atoms with E-state index in [4.69, 9.17) is 4.74 Å². The molecule has 2 rings (SSSR count). The summed E-state index contributed by atoms with van der Waals surface area (Å²) in [6.45, 7) is 6.83. The summed E-state index contributed by atoms with van der Waals surface area (Å²) in [6, 6.07) is 13.7. The molecule has 0 radical (unpaired) electrons. The molecule has 146 valence electrons. The molecule has 2 amide bonds. The van der Waals surface area contributed by atoms with Crippen molar-refractivity contribution in [3.05, 3.63) is 65.7 Å². The molecule has 2 N–H and O–H groups in total. The average Bonchev–Trinajstić information content (AvgIpc) is 2.63. The molecule has 2 aromatic carbocycles. The smallest absolute Gasteiger partial charge is 0.251 e. The second-order valence-corrected chi connectivity index (χ2v) is 6.57. The minimum Gasteiger partial charge on any atom is -0.489 e. The minimum absolute atomic E-state index is 0.0325. The standard InChI is InChI=1S/C22H24N2O4/c1-14(2)28-20-8-6-5-7-19(20)24-22(27)15(3)13-21(26)23-18-11-9-17(10-12-18)16(4)25/h5-14H,1-4H3,(H,23,26)(H,24,27)/b15-13-. The van der Waals surface area contributed by atoms with Gasteiger partial charge in [0.25, 0.3) is 5.91 Å². The van der Waals surface area contributed by atoms with Crippen LogP contribution in [0.15, 0.2) is 60.2 Å². The Balaban J connectivity index is 2.03. The second kappa shape index (κ2) is 9.50. The van der Waals surface area contributed by atoms with E-state index < -0.39 is 11.8 Å². The third-order valence-corrected chi connectivity index (χ3v) is 3.76. The van der Waals surface area contributed by atoms with Crippen LogP contribution in [-0.4, -0.2) is 23.7 Å². The van der Waals surface area contributed by atoms with Gasteiger partial charge in [0.2, 0.25) is 5.91 Å². The predicted octanol–water partition coefficient (Wildman–Crippen LogP) is 4.20. The van der Waals surface area contributed by atoms with E-state index in [0.717, 1.165) is 0 Å². The lowest BCUT2D eigenvalue weighted by atomic mass is 10.1. The van der Waals surface area contributed by atoms with Crippen LogP contribution in [0, 0.1) is 0 Å². The van der Waals surface area contributed by atoms with Gasteiger partial charge in [-0.05, 0) is 64.1 Å². The second-order valence-electron chi connectivity index (χ2n) is 6.57. The third-order valence-electron chi connectivity index (χ3n) is 3.76. The van der Waals surface area contributed by atoms with Gasteiger partial charge < -0.3 is 15.4 Å². The van der Waals surface area contributed by atoms with Crippen LogP contribution in [0.25, 0.3) is 0 Å². The van der Waals surface area contributed by atoms with Gasteiger partial charge in [-0.2, -0.15) is 0 Å². The molecule has 6 heteroatoms. The van der Waals surface area contributed by atoms with Crippen LogP contribution in [0.3, 0.4) is 0 Å². The first-order valence-electron chi connectivity index (χ1n) is 8.93. The van der Waals surface area contributed by atoms with Crippen molar-refractivity contribution in [2.24, 2.45) is 0 Å². The predicted molar refractivity (Wildman–Crippen MR) is 110 cm³/mol. The molecular formula is C22H24N2O4. The first-order chi connectivity index (χ1) is 13.3. The highest BCUT2D eigenvalue weighted by Crippen LogP contribution is 2.25. The molecule has 0 fully saturated rings. The van der Waals surface area contributed by atoms with Gasteiger partial charge in [0.05, 0.1) is 11.8 Å². The molecule has 0 aliphatic heterocycles. The topological polar surface area (TPSA) is 84.5 Å². The van der Waals surface area contributed by atoms with Crippen LogP contribution in [0.2, 0.25) is 0 Å². The summed E-state index contributed by atoms with van der Waals surface area (Å²) in [5, 5.41) is 5.42. The summed E-state index contributed by atoms with van der Waals surface area (Å²) in [5.74, 6) is -0.322. The number of ketones is 1. The lowest BCUT2D eigenvalue weighted by Crippen LogP contribution is -2.17. The van der Waals surface area contributed by atoms with E-state index >= 15 is 0 Å². The zero-order valence-corrected chi connectivity index (χ0v) is 16.4. The van der Waals surface area contributed by atoms with Crippen LogP contribution in [0.1, 0.15) is 38.1 Å². The third kappa shape index (κ3) is 6.09. The Bertz CT molecular complexity index is 899. The van der Waals surface area contributed by atoms with Gasteiger partial charge in [0, 0.05) is 22.9 Å². The fourth-order valence-corrected chi connectivity index (χ4v) is 2.38. The van der Waals surface area contributed by atoms with Crippen molar-refractivity contribution in [1.29, 1.82) is 0 Å². The Morgan fingerprint density at radius 3 is 2.18 bits per heavy atom. The summed E-state index contributed by atoms with van der Waals surface area (Å²) < 4.78 is 5.68. The maximum Gasteiger partial charge on any atom is 0.251 e. The van der Waals surface area contributed by atoms with E-state index in [2.05, 4.69) is 10.6 Å². The number of rotatable bonds is 7. The lowest BCUT2D eigenvalue weighted by Gasteiger charge is -2.14. The van der Waals surface area contributed by atoms with Crippen LogP contribution in [-0.2, 0) is 9.59 Å². The molecule has 0 atom stereocenters. The quantitative estimate of drug-likeness (QED) is 0.557. The molecule has 0 unspecified atom stereocenters. The van der Waals surface area contributed by atoms with Gasteiger partial charge in [0.15, 0.2) is 5.78 Å². The summed E-state index contributed by atoms with van der Waals surface area (Å²) in [5.41, 5.74) is 1.88. The van der Waals surface area contributed by atoms with Crippen molar-refractivity contribution in [3.8, 4) is 5.75 Å². The SMILES string of the molecule is CC(=O)c1ccc(NC(=O)/C=C(/C)C(=O)Nc2ccccc2OC(C)C)cc1. The molecule has 0 aliphatic carbocycles. The number of benzene rings is 2. The molecule has 0 aliphatic rings. The van der Waals surface area contributed by atoms with E-state index in [1.54, 1.807) is 49.4 Å². The number of Topliss-reactive ketones (excluding diaryl/α,β-unsaturated/α-hetero) is 1. The number of ether oxygens (including phenoxy) is 1. The van der Waals surface area contributed by atoms with Crippen molar-refractivity contribution in [1.82, 2.24) is 0 Å². The van der Waals surface area contributed by atoms with Crippen LogP contribution >= 0.6 is 0 Å². The monoisotopic (exact) mass is 380 g/mol. The van der Waals surface area contributed by atoms with Crippen molar-refractivity contribution in [2.45, 2.75) is 33.8 Å². The Morgan fingerprint density at radius 2 is 1.57 bits per heavy atom. The van der Waals surface area contributed by atoms with Crippen molar-refractivity contribution < 1.29 is 19.1 Å². The molecule has 0 aromatic heterocycles. The Morgan fingerprint density at radius 1 is 0.929 bits per heavy atom. The zero-order chi connectivity index (χ0) is 20.7. The highest BCUT2D eigenvalue weighted by atomic mass is 16.5. The van der Waals surface area contributed by atoms with Gasteiger partial charge in [-0.3, -0.25) is 14.4 Å². The number of para-hydroxylation sites is 2.